The molecule has 1 heterocycles. The summed E-state index contributed by atoms with van der Waals surface area (Å²) >= 11 is 6.35. The molecule has 2 nitrogen and oxygen atoms in total. The van der Waals surface area contributed by atoms with Crippen LogP contribution in [0.4, 0.5) is 0 Å². The molecule has 4 rings (SSSR count). The van der Waals surface area contributed by atoms with Crippen molar-refractivity contribution < 1.29 is 9.52 Å². The highest BCUT2D eigenvalue weighted by molar-refractivity contribution is 6.35. The van der Waals surface area contributed by atoms with Crippen molar-refractivity contribution in [1.29, 1.82) is 0 Å². The molecule has 1 fully saturated rings. The third-order valence-electron chi connectivity index (χ3n) is 4.06. The van der Waals surface area contributed by atoms with Gasteiger partial charge < -0.3 is 9.52 Å². The van der Waals surface area contributed by atoms with Crippen LogP contribution in [0.15, 0.2) is 52.9 Å². The molecular weight excluding hydrogens is 284 g/mol. The van der Waals surface area contributed by atoms with Gasteiger partial charge in [0.15, 0.2) is 5.58 Å². The third kappa shape index (κ3) is 2.35. The second-order valence-electron chi connectivity index (χ2n) is 5.67. The Morgan fingerprint density at radius 2 is 1.81 bits per heavy atom. The van der Waals surface area contributed by atoms with Gasteiger partial charge >= 0.3 is 0 Å². The number of benzene rings is 2. The minimum Gasteiger partial charge on any atom is -0.457 e. The quantitative estimate of drug-likeness (QED) is 0.721. The molecule has 1 saturated carbocycles. The Morgan fingerprint density at radius 1 is 1.05 bits per heavy atom. The lowest BCUT2D eigenvalue weighted by molar-refractivity contribution is 0.129. The highest BCUT2D eigenvalue weighted by atomic mass is 35.5. The second-order valence-corrected chi connectivity index (χ2v) is 6.08. The number of furan rings is 1. The predicted molar refractivity (Wildman–Crippen MR) is 84.3 cm³/mol. The Hall–Kier alpha value is -1.77. The molecule has 21 heavy (non-hydrogen) atoms. The van der Waals surface area contributed by atoms with Gasteiger partial charge in [0.1, 0.15) is 11.9 Å². The van der Waals surface area contributed by atoms with E-state index in [1.807, 2.05) is 30.3 Å². The summed E-state index contributed by atoms with van der Waals surface area (Å²) in [5.74, 6) is 0.970. The second kappa shape index (κ2) is 4.90. The maximum absolute atomic E-state index is 10.2. The highest BCUT2D eigenvalue weighted by Gasteiger charge is 2.33. The van der Waals surface area contributed by atoms with Gasteiger partial charge in [0.05, 0.1) is 5.02 Å². The predicted octanol–water partition coefficient (Wildman–Crippen LogP) is 5.20. The van der Waals surface area contributed by atoms with E-state index in [1.165, 1.54) is 0 Å². The molecule has 1 unspecified atom stereocenters. The Kier molecular flexibility index (Phi) is 3.02. The van der Waals surface area contributed by atoms with Crippen LogP contribution in [0.25, 0.3) is 22.1 Å². The fourth-order valence-corrected chi connectivity index (χ4v) is 2.98. The zero-order valence-corrected chi connectivity index (χ0v) is 12.2. The topological polar surface area (TPSA) is 33.4 Å². The van der Waals surface area contributed by atoms with E-state index in [4.69, 9.17) is 16.0 Å². The first-order chi connectivity index (χ1) is 10.2. The smallest absolute Gasteiger partial charge is 0.153 e. The number of hydrogen-bond donors (Lipinski definition) is 1. The molecule has 3 aromatic rings. The molecule has 3 heteroatoms. The molecule has 1 aliphatic carbocycles. The molecule has 1 N–H and O–H groups in total. The van der Waals surface area contributed by atoms with Crippen molar-refractivity contribution in [2.75, 3.05) is 0 Å². The van der Waals surface area contributed by atoms with Crippen LogP contribution < -0.4 is 0 Å². The van der Waals surface area contributed by atoms with Gasteiger partial charge in [0.25, 0.3) is 0 Å². The van der Waals surface area contributed by atoms with Gasteiger partial charge in [-0.25, -0.2) is 0 Å². The van der Waals surface area contributed by atoms with Crippen LogP contribution in [0, 0.1) is 5.92 Å². The summed E-state index contributed by atoms with van der Waals surface area (Å²) in [4.78, 5) is 0. The zero-order valence-electron chi connectivity index (χ0n) is 11.4. The maximum atomic E-state index is 10.2. The summed E-state index contributed by atoms with van der Waals surface area (Å²) in [5.41, 5.74) is 2.83. The highest BCUT2D eigenvalue weighted by Crippen LogP contribution is 2.43. The van der Waals surface area contributed by atoms with E-state index in [0.29, 0.717) is 22.3 Å². The van der Waals surface area contributed by atoms with Crippen LogP contribution in [0.5, 0.6) is 0 Å². The number of halogens is 1. The molecule has 1 aliphatic rings. The number of aliphatic hydroxyl groups excluding tert-OH is 1. The summed E-state index contributed by atoms with van der Waals surface area (Å²) in [7, 11) is 0. The van der Waals surface area contributed by atoms with Crippen LogP contribution in [-0.2, 0) is 0 Å². The largest absolute Gasteiger partial charge is 0.457 e. The first-order valence-corrected chi connectivity index (χ1v) is 7.56. The van der Waals surface area contributed by atoms with Crippen LogP contribution in [0.2, 0.25) is 5.02 Å². The molecule has 106 valence electrons. The number of fused-ring (bicyclic) bond motifs is 1. The maximum Gasteiger partial charge on any atom is 0.153 e. The molecule has 0 radical (unpaired) electrons. The summed E-state index contributed by atoms with van der Waals surface area (Å²) in [6.45, 7) is 0. The van der Waals surface area contributed by atoms with E-state index in [2.05, 4.69) is 18.2 Å². The van der Waals surface area contributed by atoms with E-state index in [9.17, 15) is 5.11 Å². The summed E-state index contributed by atoms with van der Waals surface area (Å²) in [6.07, 6.45) is 1.64. The SMILES string of the molecule is OC(c1cc2cc(-c3ccccc3)cc(Cl)c2o1)C1CC1. The Bertz CT molecular complexity index is 788. The van der Waals surface area contributed by atoms with E-state index < -0.39 is 6.10 Å². The van der Waals surface area contributed by atoms with E-state index >= 15 is 0 Å². The number of hydrogen-bond acceptors (Lipinski definition) is 2. The van der Waals surface area contributed by atoms with Gasteiger partial charge in [0, 0.05) is 5.39 Å². The Balaban J connectivity index is 1.82. The van der Waals surface area contributed by atoms with E-state index in [1.54, 1.807) is 0 Å². The molecule has 0 amide bonds. The van der Waals surface area contributed by atoms with Gasteiger partial charge in [-0.1, -0.05) is 41.9 Å². The first kappa shape index (κ1) is 12.9. The summed E-state index contributed by atoms with van der Waals surface area (Å²) < 4.78 is 5.77. The van der Waals surface area contributed by atoms with E-state index in [0.717, 1.165) is 29.4 Å². The monoisotopic (exact) mass is 298 g/mol. The van der Waals surface area contributed by atoms with Crippen molar-refractivity contribution in [3.8, 4) is 11.1 Å². The van der Waals surface area contributed by atoms with Gasteiger partial charge in [-0.3, -0.25) is 0 Å². The van der Waals surface area contributed by atoms with Crippen molar-refractivity contribution >= 4 is 22.6 Å². The van der Waals surface area contributed by atoms with Crippen molar-refractivity contribution in [3.05, 3.63) is 59.3 Å². The van der Waals surface area contributed by atoms with Crippen LogP contribution in [0.3, 0.4) is 0 Å². The fraction of sp³-hybridized carbons (Fsp3) is 0.222. The molecule has 2 aromatic carbocycles. The van der Waals surface area contributed by atoms with Crippen LogP contribution >= 0.6 is 11.6 Å². The van der Waals surface area contributed by atoms with Gasteiger partial charge in [0.2, 0.25) is 0 Å². The van der Waals surface area contributed by atoms with Crippen molar-refractivity contribution in [3.63, 3.8) is 0 Å². The van der Waals surface area contributed by atoms with Gasteiger partial charge in [-0.2, -0.15) is 0 Å². The standard InChI is InChI=1S/C18H15ClO2/c19-15-9-13(11-4-2-1-3-5-11)8-14-10-16(21-18(14)15)17(20)12-6-7-12/h1-5,8-10,12,17,20H,6-7H2. The molecule has 0 spiro atoms. The van der Waals surface area contributed by atoms with E-state index in [-0.39, 0.29) is 0 Å². The molecular formula is C18H15ClO2. The third-order valence-corrected chi connectivity index (χ3v) is 4.34. The lowest BCUT2D eigenvalue weighted by Crippen LogP contribution is -1.96. The van der Waals surface area contributed by atoms with Crippen molar-refractivity contribution in [2.24, 2.45) is 5.92 Å². The minimum absolute atomic E-state index is 0.345. The van der Waals surface area contributed by atoms with Crippen LogP contribution in [-0.4, -0.2) is 5.11 Å². The van der Waals surface area contributed by atoms with Crippen LogP contribution in [0.1, 0.15) is 24.7 Å². The average molecular weight is 299 g/mol. The lowest BCUT2D eigenvalue weighted by atomic mass is 10.0. The number of rotatable bonds is 3. The summed E-state index contributed by atoms with van der Waals surface area (Å²) in [6, 6.07) is 16.0. The Morgan fingerprint density at radius 3 is 2.52 bits per heavy atom. The molecule has 1 aromatic heterocycles. The van der Waals surface area contributed by atoms with Crippen molar-refractivity contribution in [2.45, 2.75) is 18.9 Å². The molecule has 0 saturated heterocycles. The molecule has 0 bridgehead atoms. The summed E-state index contributed by atoms with van der Waals surface area (Å²) in [5, 5.41) is 11.7. The molecule has 1 atom stereocenters. The number of aliphatic hydroxyl groups is 1. The van der Waals surface area contributed by atoms with Gasteiger partial charge in [-0.15, -0.1) is 0 Å². The average Bonchev–Trinajstić information content (AvgIpc) is 3.26. The first-order valence-electron chi connectivity index (χ1n) is 7.19. The minimum atomic E-state index is -0.506. The Labute approximate surface area is 128 Å². The van der Waals surface area contributed by atoms with Crippen molar-refractivity contribution in [1.82, 2.24) is 0 Å². The normalized spacial score (nSPS) is 16.3. The zero-order chi connectivity index (χ0) is 14.4. The van der Waals surface area contributed by atoms with Gasteiger partial charge in [-0.05, 0) is 48.1 Å². The lowest BCUT2D eigenvalue weighted by Gasteiger charge is -2.03. The molecule has 0 aliphatic heterocycles. The fourth-order valence-electron chi connectivity index (χ4n) is 2.72.